The lowest BCUT2D eigenvalue weighted by Gasteiger charge is -2.25. The fourth-order valence-corrected chi connectivity index (χ4v) is 6.70. The van der Waals surface area contributed by atoms with Gasteiger partial charge in [0.05, 0.1) is 22.4 Å². The Balaban J connectivity index is 1.52. The maximum absolute atomic E-state index is 4.68. The van der Waals surface area contributed by atoms with Crippen LogP contribution >= 0.6 is 0 Å². The van der Waals surface area contributed by atoms with Crippen LogP contribution in [0.5, 0.6) is 0 Å². The van der Waals surface area contributed by atoms with Gasteiger partial charge in [-0.1, -0.05) is 97.1 Å². The Labute approximate surface area is 244 Å². The Kier molecular flexibility index (Phi) is 5.51. The summed E-state index contributed by atoms with van der Waals surface area (Å²) in [5.74, 6) is 0. The van der Waals surface area contributed by atoms with Crippen LogP contribution in [0.1, 0.15) is 6.92 Å². The molecule has 0 N–H and O–H groups in total. The van der Waals surface area contributed by atoms with Gasteiger partial charge in [0.25, 0.3) is 0 Å². The zero-order valence-electron chi connectivity index (χ0n) is 23.3. The quantitative estimate of drug-likeness (QED) is 0.201. The number of hydrogen-bond donors (Lipinski definition) is 0. The molecule has 1 heterocycles. The van der Waals surface area contributed by atoms with Gasteiger partial charge in [0.1, 0.15) is 0 Å². The lowest BCUT2D eigenvalue weighted by molar-refractivity contribution is 1.18. The monoisotopic (exact) mass is 537 g/mol. The summed E-state index contributed by atoms with van der Waals surface area (Å²) >= 11 is 0. The molecule has 42 heavy (non-hydrogen) atoms. The van der Waals surface area contributed by atoms with E-state index in [1.807, 2.05) is 13.1 Å². The number of hydrogen-bond acceptors (Lipinski definition) is 2. The lowest BCUT2D eigenvalue weighted by Crippen LogP contribution is -2.00. The second-order valence-electron chi connectivity index (χ2n) is 10.6. The Hall–Kier alpha value is -5.54. The van der Waals surface area contributed by atoms with Crippen LogP contribution < -0.4 is 0 Å². The first-order chi connectivity index (χ1) is 20.8. The van der Waals surface area contributed by atoms with Crippen LogP contribution in [0.4, 0.5) is 11.4 Å². The van der Waals surface area contributed by atoms with Gasteiger partial charge in [0.2, 0.25) is 0 Å². The minimum Gasteiger partial charge on any atom is -0.309 e. The third kappa shape index (κ3) is 3.47. The van der Waals surface area contributed by atoms with Gasteiger partial charge < -0.3 is 4.57 Å². The van der Waals surface area contributed by atoms with Gasteiger partial charge in [-0.15, -0.1) is 0 Å². The molecule has 6 aromatic carbocycles. The molecule has 0 unspecified atom stereocenters. The summed E-state index contributed by atoms with van der Waals surface area (Å²) in [6.45, 7) is 5.94. The van der Waals surface area contributed by atoms with Crippen LogP contribution in [-0.2, 0) is 0 Å². The first-order valence-corrected chi connectivity index (χ1v) is 14.2. The molecule has 0 spiro atoms. The van der Waals surface area contributed by atoms with Crippen molar-refractivity contribution >= 4 is 46.1 Å². The highest BCUT2D eigenvalue weighted by atomic mass is 15.0. The zero-order valence-corrected chi connectivity index (χ0v) is 23.3. The van der Waals surface area contributed by atoms with Crippen molar-refractivity contribution in [1.82, 2.24) is 4.57 Å². The highest BCUT2D eigenvalue weighted by Crippen LogP contribution is 2.53. The van der Waals surface area contributed by atoms with Crippen LogP contribution in [-0.4, -0.2) is 17.5 Å². The number of para-hydroxylation sites is 2. The van der Waals surface area contributed by atoms with Gasteiger partial charge in [-0.2, -0.15) is 0 Å². The van der Waals surface area contributed by atoms with E-state index in [4.69, 9.17) is 0 Å². The number of rotatable bonds is 3. The van der Waals surface area contributed by atoms with E-state index in [0.29, 0.717) is 0 Å². The first kappa shape index (κ1) is 24.3. The van der Waals surface area contributed by atoms with Crippen molar-refractivity contribution < 1.29 is 0 Å². The molecular weight excluding hydrogens is 510 g/mol. The second-order valence-corrected chi connectivity index (χ2v) is 10.6. The summed E-state index contributed by atoms with van der Waals surface area (Å²) in [6, 6.07) is 45.8. The summed E-state index contributed by atoms with van der Waals surface area (Å²) in [5.41, 5.74) is 14.3. The minimum atomic E-state index is 0.797. The van der Waals surface area contributed by atoms with E-state index in [0.717, 1.165) is 39.3 Å². The molecule has 0 amide bonds. The number of aliphatic imine (C=N–C) groups is 2. The van der Waals surface area contributed by atoms with Crippen LogP contribution in [0.3, 0.4) is 0 Å². The van der Waals surface area contributed by atoms with Crippen molar-refractivity contribution in [3.8, 4) is 50.2 Å². The first-order valence-electron chi connectivity index (χ1n) is 14.2. The molecule has 0 fully saturated rings. The average Bonchev–Trinajstić information content (AvgIpc) is 3.38. The molecule has 1 aliphatic rings. The topological polar surface area (TPSA) is 29.6 Å². The molecule has 0 saturated heterocycles. The van der Waals surface area contributed by atoms with Crippen molar-refractivity contribution in [3.63, 3.8) is 0 Å². The van der Waals surface area contributed by atoms with Crippen LogP contribution in [0.15, 0.2) is 137 Å². The molecule has 7 aromatic rings. The fraction of sp³-hybridized carbons (Fsp3) is 0.0256. The molecule has 198 valence electrons. The van der Waals surface area contributed by atoms with Crippen molar-refractivity contribution in [2.24, 2.45) is 9.98 Å². The zero-order chi connectivity index (χ0) is 28.2. The van der Waals surface area contributed by atoms with Crippen molar-refractivity contribution in [3.05, 3.63) is 127 Å². The van der Waals surface area contributed by atoms with E-state index in [1.54, 1.807) is 0 Å². The molecule has 3 heteroatoms. The maximum Gasteiger partial charge on any atom is 0.0963 e. The normalized spacial score (nSPS) is 11.9. The molecule has 0 saturated carbocycles. The third-order valence-corrected chi connectivity index (χ3v) is 8.42. The summed E-state index contributed by atoms with van der Waals surface area (Å²) in [7, 11) is 0. The van der Waals surface area contributed by atoms with Crippen LogP contribution in [0.25, 0.3) is 72.0 Å². The van der Waals surface area contributed by atoms with Crippen LogP contribution in [0, 0.1) is 0 Å². The van der Waals surface area contributed by atoms with E-state index in [-0.39, 0.29) is 0 Å². The predicted octanol–water partition coefficient (Wildman–Crippen LogP) is 10.8. The summed E-state index contributed by atoms with van der Waals surface area (Å²) < 4.78 is 2.38. The molecular formula is C39H27N3. The largest absolute Gasteiger partial charge is 0.309 e. The van der Waals surface area contributed by atoms with Gasteiger partial charge in [0.15, 0.2) is 0 Å². The molecule has 8 rings (SSSR count). The Bertz CT molecular complexity index is 2180. The van der Waals surface area contributed by atoms with E-state index in [9.17, 15) is 0 Å². The number of fused-ring (bicyclic) bond motifs is 11. The summed E-state index contributed by atoms with van der Waals surface area (Å²) in [6.07, 6.45) is 1.81. The Morgan fingerprint density at radius 3 is 1.69 bits per heavy atom. The second kappa shape index (κ2) is 9.53. The molecule has 1 aliphatic carbocycles. The number of nitrogens with zero attached hydrogens (tertiary/aromatic N) is 3. The fourth-order valence-electron chi connectivity index (χ4n) is 6.70. The Morgan fingerprint density at radius 1 is 0.548 bits per heavy atom. The van der Waals surface area contributed by atoms with Gasteiger partial charge in [0, 0.05) is 28.2 Å². The highest BCUT2D eigenvalue weighted by molar-refractivity contribution is 6.11. The SMILES string of the molecule is C=Nc1c(N=CC)ccc2c1-c1ccccc1-c1ccccc1-c1ccc(-n3c4ccccc4c4ccccc43)cc1-2. The van der Waals surface area contributed by atoms with Crippen molar-refractivity contribution in [1.29, 1.82) is 0 Å². The van der Waals surface area contributed by atoms with E-state index in [1.165, 1.54) is 44.1 Å². The molecule has 0 aliphatic heterocycles. The number of benzene rings is 6. The van der Waals surface area contributed by atoms with Gasteiger partial charge in [-0.25, -0.2) is 0 Å². The average molecular weight is 538 g/mol. The molecule has 0 atom stereocenters. The number of aromatic nitrogens is 1. The third-order valence-electron chi connectivity index (χ3n) is 8.42. The van der Waals surface area contributed by atoms with E-state index < -0.39 is 0 Å². The highest BCUT2D eigenvalue weighted by Gasteiger charge is 2.25. The van der Waals surface area contributed by atoms with E-state index in [2.05, 4.69) is 149 Å². The standard InChI is InChI=1S/C39H27N3/c1-3-41-35-23-22-33-34-24-25(42-36-18-10-8-15-30(36)31-16-9-11-19-37(31)42)20-21-29(34)27-13-5-4-12-26(27)28-14-6-7-17-32(28)38(33)39(35)40-2/h3-24H,2H2,1H3. The van der Waals surface area contributed by atoms with E-state index >= 15 is 0 Å². The predicted molar refractivity (Wildman–Crippen MR) is 179 cm³/mol. The van der Waals surface area contributed by atoms with Gasteiger partial charge >= 0.3 is 0 Å². The van der Waals surface area contributed by atoms with Gasteiger partial charge in [-0.3, -0.25) is 9.98 Å². The molecule has 1 aromatic heterocycles. The summed E-state index contributed by atoms with van der Waals surface area (Å²) in [4.78, 5) is 9.26. The van der Waals surface area contributed by atoms with Crippen LogP contribution in [0.2, 0.25) is 0 Å². The summed E-state index contributed by atoms with van der Waals surface area (Å²) in [5, 5.41) is 2.50. The molecule has 0 radical (unpaired) electrons. The van der Waals surface area contributed by atoms with Gasteiger partial charge in [-0.05, 0) is 82.9 Å². The maximum atomic E-state index is 4.68. The molecule has 0 bridgehead atoms. The molecule has 3 nitrogen and oxygen atoms in total. The van der Waals surface area contributed by atoms with Crippen molar-refractivity contribution in [2.75, 3.05) is 0 Å². The van der Waals surface area contributed by atoms with Crippen molar-refractivity contribution in [2.45, 2.75) is 6.92 Å². The lowest BCUT2D eigenvalue weighted by atomic mass is 9.80. The minimum absolute atomic E-state index is 0.797. The smallest absolute Gasteiger partial charge is 0.0963 e. The Morgan fingerprint density at radius 2 is 1.07 bits per heavy atom.